The van der Waals surface area contributed by atoms with E-state index >= 15 is 0 Å². The highest BCUT2D eigenvalue weighted by Crippen LogP contribution is 2.29. The van der Waals surface area contributed by atoms with Crippen molar-refractivity contribution in [3.8, 4) is 5.69 Å². The summed E-state index contributed by atoms with van der Waals surface area (Å²) in [5, 5.41) is 15.5. The summed E-state index contributed by atoms with van der Waals surface area (Å²) in [6.45, 7) is 8.54. The number of tetrazole rings is 1. The van der Waals surface area contributed by atoms with Crippen molar-refractivity contribution in [3.63, 3.8) is 0 Å². The number of nitrogens with one attached hydrogen (secondary N) is 1. The number of aryl methyl sites for hydroxylation is 2. The van der Waals surface area contributed by atoms with Crippen LogP contribution in [0, 0.1) is 19.8 Å². The van der Waals surface area contributed by atoms with Crippen molar-refractivity contribution >= 4 is 17.7 Å². The van der Waals surface area contributed by atoms with Crippen molar-refractivity contribution in [1.82, 2.24) is 30.5 Å². The molecule has 0 saturated heterocycles. The number of aromatic nitrogens is 5. The molecule has 1 aromatic carbocycles. The number of thioether (sulfide) groups is 1. The molecular formula is C20H24N6OS. The average molecular weight is 397 g/mol. The molecule has 0 fully saturated rings. The number of para-hydroxylation sites is 1. The lowest BCUT2D eigenvalue weighted by molar-refractivity contribution is -0.121. The van der Waals surface area contributed by atoms with E-state index in [2.05, 4.69) is 25.8 Å². The van der Waals surface area contributed by atoms with E-state index in [1.807, 2.05) is 58.0 Å². The first-order valence-corrected chi connectivity index (χ1v) is 10.0. The standard InChI is InChI=1S/C20H24N6OS/c1-13(2)18(19(27)22-12-16-9-6-10-21-11-16)28-20-23-24-25-26(20)17-14(3)7-5-8-15(17)4/h5-11,13,18H,12H2,1-4H3,(H,22,27). The quantitative estimate of drug-likeness (QED) is 0.618. The molecule has 0 spiro atoms. The molecule has 1 atom stereocenters. The normalized spacial score (nSPS) is 12.2. The van der Waals surface area contributed by atoms with Crippen LogP contribution >= 0.6 is 11.8 Å². The fourth-order valence-electron chi connectivity index (χ4n) is 2.93. The van der Waals surface area contributed by atoms with Crippen LogP contribution in [0.4, 0.5) is 0 Å². The van der Waals surface area contributed by atoms with Gasteiger partial charge in [-0.3, -0.25) is 9.78 Å². The Morgan fingerprint density at radius 3 is 2.57 bits per heavy atom. The Morgan fingerprint density at radius 2 is 1.93 bits per heavy atom. The van der Waals surface area contributed by atoms with Crippen molar-refractivity contribution in [1.29, 1.82) is 0 Å². The number of rotatable bonds is 7. The Hall–Kier alpha value is -2.74. The number of hydrogen-bond donors (Lipinski definition) is 1. The van der Waals surface area contributed by atoms with Gasteiger partial charge in [0.1, 0.15) is 0 Å². The highest BCUT2D eigenvalue weighted by molar-refractivity contribution is 8.00. The molecule has 2 aromatic heterocycles. The summed E-state index contributed by atoms with van der Waals surface area (Å²) in [4.78, 5) is 16.9. The molecule has 28 heavy (non-hydrogen) atoms. The lowest BCUT2D eigenvalue weighted by Crippen LogP contribution is -2.35. The molecule has 0 saturated carbocycles. The summed E-state index contributed by atoms with van der Waals surface area (Å²) in [6, 6.07) is 9.85. The van der Waals surface area contributed by atoms with Crippen LogP contribution in [0.1, 0.15) is 30.5 Å². The van der Waals surface area contributed by atoms with Crippen LogP contribution < -0.4 is 5.32 Å². The van der Waals surface area contributed by atoms with E-state index in [0.29, 0.717) is 11.7 Å². The lowest BCUT2D eigenvalue weighted by atomic mass is 10.1. The number of benzene rings is 1. The second-order valence-electron chi connectivity index (χ2n) is 6.98. The van der Waals surface area contributed by atoms with Crippen molar-refractivity contribution < 1.29 is 4.79 Å². The van der Waals surface area contributed by atoms with Gasteiger partial charge >= 0.3 is 0 Å². The summed E-state index contributed by atoms with van der Waals surface area (Å²) in [7, 11) is 0. The Morgan fingerprint density at radius 1 is 1.18 bits per heavy atom. The van der Waals surface area contributed by atoms with E-state index in [1.165, 1.54) is 11.8 Å². The Bertz CT molecular complexity index is 921. The molecule has 2 heterocycles. The molecular weight excluding hydrogens is 372 g/mol. The van der Waals surface area contributed by atoms with Crippen LogP contribution in [0.25, 0.3) is 5.69 Å². The highest BCUT2D eigenvalue weighted by Gasteiger charge is 2.27. The van der Waals surface area contributed by atoms with Crippen LogP contribution in [0.2, 0.25) is 0 Å². The largest absolute Gasteiger partial charge is 0.351 e. The van der Waals surface area contributed by atoms with Gasteiger partial charge in [-0.25, -0.2) is 0 Å². The SMILES string of the molecule is Cc1cccc(C)c1-n1nnnc1SC(C(=O)NCc1cccnc1)C(C)C. The molecule has 1 amide bonds. The number of hydrogen-bond acceptors (Lipinski definition) is 6. The second-order valence-corrected chi connectivity index (χ2v) is 8.08. The van der Waals surface area contributed by atoms with E-state index in [4.69, 9.17) is 0 Å². The Kier molecular flexibility index (Phi) is 6.41. The van der Waals surface area contributed by atoms with E-state index in [1.54, 1.807) is 17.1 Å². The first-order chi connectivity index (χ1) is 13.5. The van der Waals surface area contributed by atoms with Crippen molar-refractivity contribution in [2.75, 3.05) is 0 Å². The van der Waals surface area contributed by atoms with Gasteiger partial charge in [-0.15, -0.1) is 5.10 Å². The van der Waals surface area contributed by atoms with Crippen LogP contribution in [0.15, 0.2) is 47.9 Å². The van der Waals surface area contributed by atoms with E-state index in [-0.39, 0.29) is 17.1 Å². The maximum atomic E-state index is 12.8. The third kappa shape index (κ3) is 4.56. The highest BCUT2D eigenvalue weighted by atomic mass is 32.2. The number of nitrogens with zero attached hydrogens (tertiary/aromatic N) is 5. The van der Waals surface area contributed by atoms with Gasteiger partial charge in [-0.2, -0.15) is 4.68 Å². The predicted octanol–water partition coefficient (Wildman–Crippen LogP) is 3.11. The van der Waals surface area contributed by atoms with Gasteiger partial charge in [0.15, 0.2) is 0 Å². The number of carbonyl (C=O) groups is 1. The molecule has 0 aliphatic rings. The van der Waals surface area contributed by atoms with E-state index in [9.17, 15) is 4.79 Å². The monoisotopic (exact) mass is 396 g/mol. The third-order valence-corrected chi connectivity index (χ3v) is 5.86. The molecule has 0 aliphatic carbocycles. The molecule has 0 aliphatic heterocycles. The molecule has 3 aromatic rings. The third-order valence-electron chi connectivity index (χ3n) is 4.38. The Balaban J connectivity index is 1.79. The van der Waals surface area contributed by atoms with E-state index < -0.39 is 0 Å². The molecule has 3 rings (SSSR count). The second kappa shape index (κ2) is 8.97. The molecule has 0 radical (unpaired) electrons. The number of amides is 1. The molecule has 8 heteroatoms. The number of carbonyl (C=O) groups excluding carboxylic acids is 1. The predicted molar refractivity (Wildman–Crippen MR) is 109 cm³/mol. The van der Waals surface area contributed by atoms with Gasteiger partial charge in [0, 0.05) is 18.9 Å². The van der Waals surface area contributed by atoms with Gasteiger partial charge in [0.05, 0.1) is 10.9 Å². The molecule has 1 unspecified atom stereocenters. The van der Waals surface area contributed by atoms with Gasteiger partial charge in [-0.1, -0.05) is 49.9 Å². The summed E-state index contributed by atoms with van der Waals surface area (Å²) in [5.41, 5.74) is 4.07. The smallest absolute Gasteiger partial charge is 0.234 e. The van der Waals surface area contributed by atoms with Crippen molar-refractivity contribution in [2.24, 2.45) is 5.92 Å². The average Bonchev–Trinajstić information content (AvgIpc) is 3.12. The molecule has 146 valence electrons. The van der Waals surface area contributed by atoms with Gasteiger partial charge < -0.3 is 5.32 Å². The maximum Gasteiger partial charge on any atom is 0.234 e. The summed E-state index contributed by atoms with van der Waals surface area (Å²) in [5.74, 6) is 0.0712. The summed E-state index contributed by atoms with van der Waals surface area (Å²) in [6.07, 6.45) is 3.46. The number of pyridine rings is 1. The topological polar surface area (TPSA) is 85.6 Å². The Labute approximate surface area is 169 Å². The van der Waals surface area contributed by atoms with Gasteiger partial charge in [0.25, 0.3) is 0 Å². The minimum Gasteiger partial charge on any atom is -0.351 e. The van der Waals surface area contributed by atoms with Crippen molar-refractivity contribution in [3.05, 3.63) is 59.4 Å². The zero-order valence-electron chi connectivity index (χ0n) is 16.5. The molecule has 7 nitrogen and oxygen atoms in total. The first-order valence-electron chi connectivity index (χ1n) is 9.15. The van der Waals surface area contributed by atoms with Crippen LogP contribution in [-0.2, 0) is 11.3 Å². The van der Waals surface area contributed by atoms with Gasteiger partial charge in [0.2, 0.25) is 11.1 Å². The van der Waals surface area contributed by atoms with Crippen LogP contribution in [-0.4, -0.2) is 36.3 Å². The van der Waals surface area contributed by atoms with Gasteiger partial charge in [-0.05, 0) is 52.9 Å². The summed E-state index contributed by atoms with van der Waals surface area (Å²) >= 11 is 1.38. The fraction of sp³-hybridized carbons (Fsp3) is 0.350. The first kappa shape index (κ1) is 20.0. The van der Waals surface area contributed by atoms with E-state index in [0.717, 1.165) is 22.4 Å². The lowest BCUT2D eigenvalue weighted by Gasteiger charge is -2.19. The maximum absolute atomic E-state index is 12.8. The molecule has 0 bridgehead atoms. The zero-order valence-corrected chi connectivity index (χ0v) is 17.3. The molecule has 1 N–H and O–H groups in total. The zero-order chi connectivity index (χ0) is 20.1. The summed E-state index contributed by atoms with van der Waals surface area (Å²) < 4.78 is 1.72. The van der Waals surface area contributed by atoms with Crippen molar-refractivity contribution in [2.45, 2.75) is 44.6 Å². The van der Waals surface area contributed by atoms with Crippen LogP contribution in [0.3, 0.4) is 0 Å². The minimum absolute atomic E-state index is 0.0418. The van der Waals surface area contributed by atoms with Crippen LogP contribution in [0.5, 0.6) is 0 Å². The minimum atomic E-state index is -0.314. The fourth-order valence-corrected chi connectivity index (χ4v) is 3.93.